The number of ether oxygens (including phenoxy) is 1. The highest BCUT2D eigenvalue weighted by Crippen LogP contribution is 2.29. The minimum Gasteiger partial charge on any atom is -0.497 e. The molecule has 0 radical (unpaired) electrons. The summed E-state index contributed by atoms with van der Waals surface area (Å²) in [5, 5.41) is 3.00. The van der Waals surface area contributed by atoms with Crippen LogP contribution in [0.25, 0.3) is 0 Å². The quantitative estimate of drug-likeness (QED) is 0.836. The first kappa shape index (κ1) is 17.1. The molecule has 0 unspecified atom stereocenters. The summed E-state index contributed by atoms with van der Waals surface area (Å²) in [6.07, 6.45) is 0. The molecule has 132 valence electrons. The van der Waals surface area contributed by atoms with Crippen LogP contribution in [-0.2, 0) is 0 Å². The first-order valence-electron chi connectivity index (χ1n) is 8.35. The van der Waals surface area contributed by atoms with E-state index in [1.807, 2.05) is 18.2 Å². The fourth-order valence-corrected chi connectivity index (χ4v) is 2.91. The Morgan fingerprint density at radius 3 is 2.40 bits per heavy atom. The van der Waals surface area contributed by atoms with Crippen molar-refractivity contribution in [3.63, 3.8) is 0 Å². The van der Waals surface area contributed by atoms with E-state index in [2.05, 4.69) is 22.2 Å². The predicted molar refractivity (Wildman–Crippen MR) is 102 cm³/mol. The molecule has 0 spiro atoms. The summed E-state index contributed by atoms with van der Waals surface area (Å²) in [7, 11) is 3.72. The Labute approximate surface area is 148 Å². The normalized spacial score (nSPS) is 15.0. The number of methoxy groups -OCH3 is 1. The molecule has 2 aromatic rings. The minimum absolute atomic E-state index is 0.163. The SMILES string of the molecule is COc1ccc(C(=O)Nc2cc(N)ccc2N2CCN(C)CC2)cc1. The lowest BCUT2D eigenvalue weighted by Crippen LogP contribution is -2.44. The van der Waals surface area contributed by atoms with Crippen LogP contribution in [0.3, 0.4) is 0 Å². The van der Waals surface area contributed by atoms with Gasteiger partial charge in [0.25, 0.3) is 5.91 Å². The number of likely N-dealkylation sites (N-methyl/N-ethyl adjacent to an activating group) is 1. The summed E-state index contributed by atoms with van der Waals surface area (Å²) in [5.41, 5.74) is 8.89. The zero-order valence-corrected chi connectivity index (χ0v) is 14.7. The average molecular weight is 340 g/mol. The molecule has 3 N–H and O–H groups in total. The highest BCUT2D eigenvalue weighted by molar-refractivity contribution is 6.06. The van der Waals surface area contributed by atoms with Crippen molar-refractivity contribution in [2.24, 2.45) is 0 Å². The topological polar surface area (TPSA) is 70.8 Å². The molecule has 25 heavy (non-hydrogen) atoms. The number of nitrogens with one attached hydrogen (secondary N) is 1. The number of nitrogen functional groups attached to an aromatic ring is 1. The van der Waals surface area contributed by atoms with Gasteiger partial charge in [-0.3, -0.25) is 4.79 Å². The van der Waals surface area contributed by atoms with E-state index in [0.717, 1.165) is 43.3 Å². The molecule has 1 aliphatic rings. The fraction of sp³-hybridized carbons (Fsp3) is 0.316. The third kappa shape index (κ3) is 4.03. The fourth-order valence-electron chi connectivity index (χ4n) is 2.91. The predicted octanol–water partition coefficient (Wildman–Crippen LogP) is 2.28. The van der Waals surface area contributed by atoms with E-state index < -0.39 is 0 Å². The minimum atomic E-state index is -0.163. The van der Waals surface area contributed by atoms with Gasteiger partial charge < -0.3 is 25.6 Å². The van der Waals surface area contributed by atoms with E-state index in [1.54, 1.807) is 31.4 Å². The number of nitrogens with two attached hydrogens (primary N) is 1. The Hall–Kier alpha value is -2.73. The summed E-state index contributed by atoms with van der Waals surface area (Å²) in [6.45, 7) is 3.84. The highest BCUT2D eigenvalue weighted by Gasteiger charge is 2.18. The van der Waals surface area contributed by atoms with Crippen LogP contribution in [0.1, 0.15) is 10.4 Å². The van der Waals surface area contributed by atoms with Gasteiger partial charge in [-0.05, 0) is 49.5 Å². The van der Waals surface area contributed by atoms with E-state index in [9.17, 15) is 4.79 Å². The van der Waals surface area contributed by atoms with E-state index >= 15 is 0 Å². The molecule has 6 nitrogen and oxygen atoms in total. The largest absolute Gasteiger partial charge is 0.497 e. The zero-order chi connectivity index (χ0) is 17.8. The van der Waals surface area contributed by atoms with Crippen LogP contribution >= 0.6 is 0 Å². The molecule has 1 saturated heterocycles. The number of anilines is 3. The smallest absolute Gasteiger partial charge is 0.255 e. The monoisotopic (exact) mass is 340 g/mol. The maximum absolute atomic E-state index is 12.6. The molecule has 3 rings (SSSR count). The summed E-state index contributed by atoms with van der Waals surface area (Å²) >= 11 is 0. The summed E-state index contributed by atoms with van der Waals surface area (Å²) in [6, 6.07) is 12.7. The second-order valence-electron chi connectivity index (χ2n) is 6.25. The van der Waals surface area contributed by atoms with Crippen molar-refractivity contribution in [1.82, 2.24) is 4.90 Å². The third-order valence-electron chi connectivity index (χ3n) is 4.46. The van der Waals surface area contributed by atoms with Gasteiger partial charge in [-0.1, -0.05) is 0 Å². The standard InChI is InChI=1S/C19H24N4O2/c1-22-9-11-23(12-10-22)18-8-5-15(20)13-17(18)21-19(24)14-3-6-16(25-2)7-4-14/h3-8,13H,9-12,20H2,1-2H3,(H,21,24). The van der Waals surface area contributed by atoms with Crippen molar-refractivity contribution in [3.8, 4) is 5.75 Å². The Morgan fingerprint density at radius 1 is 1.08 bits per heavy atom. The highest BCUT2D eigenvalue weighted by atomic mass is 16.5. The molecule has 0 saturated carbocycles. The number of carbonyl (C=O) groups excluding carboxylic acids is 1. The van der Waals surface area contributed by atoms with Gasteiger partial charge in [-0.25, -0.2) is 0 Å². The van der Waals surface area contributed by atoms with Crippen molar-refractivity contribution in [1.29, 1.82) is 0 Å². The zero-order valence-electron chi connectivity index (χ0n) is 14.7. The Balaban J connectivity index is 1.80. The van der Waals surface area contributed by atoms with Crippen LogP contribution in [0.5, 0.6) is 5.75 Å². The molecule has 1 aliphatic heterocycles. The second kappa shape index (κ2) is 7.44. The lowest BCUT2D eigenvalue weighted by molar-refractivity contribution is 0.102. The van der Waals surface area contributed by atoms with Gasteiger partial charge in [-0.15, -0.1) is 0 Å². The Morgan fingerprint density at radius 2 is 1.76 bits per heavy atom. The van der Waals surface area contributed by atoms with Gasteiger partial charge in [0.15, 0.2) is 0 Å². The van der Waals surface area contributed by atoms with Gasteiger partial charge in [0.05, 0.1) is 18.5 Å². The second-order valence-corrected chi connectivity index (χ2v) is 6.25. The van der Waals surface area contributed by atoms with Crippen LogP contribution in [0, 0.1) is 0 Å². The lowest BCUT2D eigenvalue weighted by atomic mass is 10.1. The van der Waals surface area contributed by atoms with Crippen LogP contribution in [-0.4, -0.2) is 51.1 Å². The number of rotatable bonds is 4. The molecular weight excluding hydrogens is 316 g/mol. The van der Waals surface area contributed by atoms with Gasteiger partial charge in [0.2, 0.25) is 0 Å². The number of hydrogen-bond acceptors (Lipinski definition) is 5. The third-order valence-corrected chi connectivity index (χ3v) is 4.46. The summed E-state index contributed by atoms with van der Waals surface area (Å²) < 4.78 is 5.13. The Kier molecular flexibility index (Phi) is 5.09. The lowest BCUT2D eigenvalue weighted by Gasteiger charge is -2.35. The van der Waals surface area contributed by atoms with E-state index in [-0.39, 0.29) is 5.91 Å². The Bertz CT molecular complexity index is 738. The first-order valence-corrected chi connectivity index (χ1v) is 8.35. The van der Waals surface area contributed by atoms with E-state index in [0.29, 0.717) is 11.3 Å². The molecule has 0 atom stereocenters. The molecule has 1 amide bonds. The number of nitrogens with zero attached hydrogens (tertiary/aromatic N) is 2. The molecule has 0 bridgehead atoms. The molecule has 6 heteroatoms. The van der Waals surface area contributed by atoms with Gasteiger partial charge >= 0.3 is 0 Å². The maximum atomic E-state index is 12.6. The molecular formula is C19H24N4O2. The number of piperazine rings is 1. The number of carbonyl (C=O) groups is 1. The maximum Gasteiger partial charge on any atom is 0.255 e. The molecule has 1 heterocycles. The number of benzene rings is 2. The van der Waals surface area contributed by atoms with Crippen molar-refractivity contribution in [3.05, 3.63) is 48.0 Å². The van der Waals surface area contributed by atoms with E-state index in [4.69, 9.17) is 10.5 Å². The van der Waals surface area contributed by atoms with Crippen LogP contribution < -0.4 is 20.7 Å². The molecule has 0 aromatic heterocycles. The van der Waals surface area contributed by atoms with Crippen molar-refractivity contribution >= 4 is 23.0 Å². The van der Waals surface area contributed by atoms with Crippen molar-refractivity contribution in [2.75, 3.05) is 56.3 Å². The summed E-state index contributed by atoms with van der Waals surface area (Å²) in [5.74, 6) is 0.558. The van der Waals surface area contributed by atoms with Crippen LogP contribution in [0.2, 0.25) is 0 Å². The number of hydrogen-bond donors (Lipinski definition) is 2. The van der Waals surface area contributed by atoms with Crippen LogP contribution in [0.4, 0.5) is 17.1 Å². The molecule has 2 aromatic carbocycles. The first-order chi connectivity index (χ1) is 12.1. The summed E-state index contributed by atoms with van der Waals surface area (Å²) in [4.78, 5) is 17.2. The molecule has 1 fully saturated rings. The van der Waals surface area contributed by atoms with Gasteiger partial charge in [-0.2, -0.15) is 0 Å². The van der Waals surface area contributed by atoms with E-state index in [1.165, 1.54) is 0 Å². The molecule has 0 aliphatic carbocycles. The van der Waals surface area contributed by atoms with Gasteiger partial charge in [0, 0.05) is 37.4 Å². The van der Waals surface area contributed by atoms with Crippen molar-refractivity contribution in [2.45, 2.75) is 0 Å². The number of amides is 1. The average Bonchev–Trinajstić information content (AvgIpc) is 2.63. The van der Waals surface area contributed by atoms with Crippen molar-refractivity contribution < 1.29 is 9.53 Å². The van der Waals surface area contributed by atoms with Gasteiger partial charge in [0.1, 0.15) is 5.75 Å². The van der Waals surface area contributed by atoms with Crippen LogP contribution in [0.15, 0.2) is 42.5 Å².